The zero-order valence-corrected chi connectivity index (χ0v) is 9.22. The van der Waals surface area contributed by atoms with E-state index in [4.69, 9.17) is 5.73 Å². The van der Waals surface area contributed by atoms with Crippen LogP contribution in [0.2, 0.25) is 0 Å². The van der Waals surface area contributed by atoms with Crippen molar-refractivity contribution in [2.24, 2.45) is 0 Å². The van der Waals surface area contributed by atoms with Crippen LogP contribution in [0.5, 0.6) is 0 Å². The predicted molar refractivity (Wildman–Crippen MR) is 60.8 cm³/mol. The molecule has 3 nitrogen and oxygen atoms in total. The van der Waals surface area contributed by atoms with E-state index >= 15 is 0 Å². The quantitative estimate of drug-likeness (QED) is 0.895. The number of hydrogen-bond donors (Lipinski definition) is 1. The molecule has 0 fully saturated rings. The minimum absolute atomic E-state index is 0.0187. The molecular weight excluding hydrogens is 243 g/mol. The Bertz CT molecular complexity index is 526. The van der Waals surface area contributed by atoms with E-state index in [2.05, 4.69) is 9.97 Å². The molecule has 1 atom stereocenters. The van der Waals surface area contributed by atoms with Crippen LogP contribution < -0.4 is 5.73 Å². The molecule has 0 bridgehead atoms. The lowest BCUT2D eigenvalue weighted by Crippen LogP contribution is -2.24. The maximum Gasteiger partial charge on any atom is 0.402 e. The van der Waals surface area contributed by atoms with Gasteiger partial charge in [-0.05, 0) is 11.6 Å². The lowest BCUT2D eigenvalue weighted by molar-refractivity contribution is -0.142. The SMILES string of the molecule is Nc1ccnc(C(c2ccccc2)C(F)(F)F)n1. The number of nitrogen functional groups attached to an aromatic ring is 1. The Balaban J connectivity index is 2.51. The van der Waals surface area contributed by atoms with Crippen molar-refractivity contribution in [1.29, 1.82) is 0 Å². The fraction of sp³-hybridized carbons (Fsp3) is 0.167. The number of rotatable bonds is 2. The average molecular weight is 253 g/mol. The van der Waals surface area contributed by atoms with Crippen LogP contribution in [0.25, 0.3) is 0 Å². The lowest BCUT2D eigenvalue weighted by Gasteiger charge is -2.19. The van der Waals surface area contributed by atoms with Gasteiger partial charge in [0.2, 0.25) is 0 Å². The van der Waals surface area contributed by atoms with Gasteiger partial charge in [0.15, 0.2) is 0 Å². The summed E-state index contributed by atoms with van der Waals surface area (Å²) in [6, 6.07) is 8.87. The Hall–Kier alpha value is -2.11. The Labute approximate surface area is 101 Å². The summed E-state index contributed by atoms with van der Waals surface area (Å²) in [6.45, 7) is 0. The first kappa shape index (κ1) is 12.3. The molecule has 6 heteroatoms. The van der Waals surface area contributed by atoms with Crippen LogP contribution in [-0.2, 0) is 0 Å². The Morgan fingerprint density at radius 1 is 1.06 bits per heavy atom. The summed E-state index contributed by atoms with van der Waals surface area (Å²) in [6.07, 6.45) is -3.24. The summed E-state index contributed by atoms with van der Waals surface area (Å²) in [7, 11) is 0. The molecule has 18 heavy (non-hydrogen) atoms. The Morgan fingerprint density at radius 3 is 2.28 bits per heavy atom. The van der Waals surface area contributed by atoms with E-state index in [1.165, 1.54) is 24.4 Å². The molecule has 0 amide bonds. The Morgan fingerprint density at radius 2 is 1.72 bits per heavy atom. The second-order valence-corrected chi connectivity index (χ2v) is 3.73. The highest BCUT2D eigenvalue weighted by Gasteiger charge is 2.43. The van der Waals surface area contributed by atoms with Gasteiger partial charge in [-0.1, -0.05) is 30.3 Å². The van der Waals surface area contributed by atoms with Gasteiger partial charge in [-0.2, -0.15) is 13.2 Å². The van der Waals surface area contributed by atoms with Crippen molar-refractivity contribution in [3.8, 4) is 0 Å². The van der Waals surface area contributed by atoms with E-state index in [-0.39, 0.29) is 17.2 Å². The van der Waals surface area contributed by atoms with Gasteiger partial charge in [0, 0.05) is 6.20 Å². The summed E-state index contributed by atoms with van der Waals surface area (Å²) in [5.41, 5.74) is 5.49. The largest absolute Gasteiger partial charge is 0.402 e. The van der Waals surface area contributed by atoms with Gasteiger partial charge in [-0.15, -0.1) is 0 Å². The normalized spacial score (nSPS) is 13.3. The summed E-state index contributed by atoms with van der Waals surface area (Å²) < 4.78 is 39.3. The molecule has 0 saturated heterocycles. The molecule has 1 unspecified atom stereocenters. The van der Waals surface area contributed by atoms with Gasteiger partial charge in [0.25, 0.3) is 0 Å². The molecule has 0 aliphatic heterocycles. The second-order valence-electron chi connectivity index (χ2n) is 3.73. The van der Waals surface area contributed by atoms with Gasteiger partial charge < -0.3 is 5.73 Å². The van der Waals surface area contributed by atoms with Crippen molar-refractivity contribution in [3.05, 3.63) is 54.0 Å². The first-order valence-corrected chi connectivity index (χ1v) is 5.18. The molecule has 2 rings (SSSR count). The Kier molecular flexibility index (Phi) is 3.18. The van der Waals surface area contributed by atoms with E-state index < -0.39 is 12.1 Å². The number of alkyl halides is 3. The molecule has 2 aromatic rings. The van der Waals surface area contributed by atoms with E-state index in [0.717, 1.165) is 0 Å². The highest BCUT2D eigenvalue weighted by molar-refractivity contribution is 5.32. The molecule has 1 aromatic heterocycles. The van der Waals surface area contributed by atoms with Crippen LogP contribution in [0.1, 0.15) is 17.3 Å². The van der Waals surface area contributed by atoms with E-state index in [0.29, 0.717) is 0 Å². The summed E-state index contributed by atoms with van der Waals surface area (Å²) in [4.78, 5) is 7.33. The molecular formula is C12H10F3N3. The number of nitrogens with zero attached hydrogens (tertiary/aromatic N) is 2. The minimum atomic E-state index is -4.46. The van der Waals surface area contributed by atoms with Crippen molar-refractivity contribution in [1.82, 2.24) is 9.97 Å². The summed E-state index contributed by atoms with van der Waals surface area (Å²) >= 11 is 0. The fourth-order valence-electron chi connectivity index (χ4n) is 1.66. The van der Waals surface area contributed by atoms with Crippen molar-refractivity contribution >= 4 is 5.82 Å². The zero-order chi connectivity index (χ0) is 13.2. The van der Waals surface area contributed by atoms with Gasteiger partial charge in [0.1, 0.15) is 17.6 Å². The minimum Gasteiger partial charge on any atom is -0.384 e. The molecule has 1 aromatic carbocycles. The maximum atomic E-state index is 13.1. The number of anilines is 1. The molecule has 0 saturated carbocycles. The molecule has 94 valence electrons. The third kappa shape index (κ3) is 2.58. The van der Waals surface area contributed by atoms with E-state index in [1.807, 2.05) is 0 Å². The van der Waals surface area contributed by atoms with Gasteiger partial charge in [0.05, 0.1) is 0 Å². The smallest absolute Gasteiger partial charge is 0.384 e. The number of benzene rings is 1. The third-order valence-corrected chi connectivity index (χ3v) is 2.41. The standard InChI is InChI=1S/C12H10F3N3/c13-12(14,15)10(8-4-2-1-3-5-8)11-17-7-6-9(16)18-11/h1-7,10H,(H2,16,17,18). The van der Waals surface area contributed by atoms with Crippen LogP contribution >= 0.6 is 0 Å². The molecule has 0 spiro atoms. The lowest BCUT2D eigenvalue weighted by atomic mass is 9.97. The van der Waals surface area contributed by atoms with Crippen molar-refractivity contribution in [3.63, 3.8) is 0 Å². The number of hydrogen-bond acceptors (Lipinski definition) is 3. The molecule has 0 aliphatic rings. The predicted octanol–water partition coefficient (Wildman–Crippen LogP) is 2.75. The van der Waals surface area contributed by atoms with Crippen LogP contribution in [0, 0.1) is 0 Å². The first-order valence-electron chi connectivity index (χ1n) is 5.18. The van der Waals surface area contributed by atoms with Crippen molar-refractivity contribution in [2.45, 2.75) is 12.1 Å². The number of aromatic nitrogens is 2. The van der Waals surface area contributed by atoms with E-state index in [1.54, 1.807) is 18.2 Å². The summed E-state index contributed by atoms with van der Waals surface area (Å²) in [5.74, 6) is -2.18. The van der Waals surface area contributed by atoms with Crippen molar-refractivity contribution < 1.29 is 13.2 Å². The third-order valence-electron chi connectivity index (χ3n) is 2.41. The highest BCUT2D eigenvalue weighted by atomic mass is 19.4. The molecule has 2 N–H and O–H groups in total. The topological polar surface area (TPSA) is 51.8 Å². The maximum absolute atomic E-state index is 13.1. The van der Waals surface area contributed by atoms with Gasteiger partial charge in [-0.3, -0.25) is 0 Å². The monoisotopic (exact) mass is 253 g/mol. The number of nitrogens with two attached hydrogens (primary N) is 1. The van der Waals surface area contributed by atoms with Gasteiger partial charge in [-0.25, -0.2) is 9.97 Å². The van der Waals surface area contributed by atoms with Crippen LogP contribution in [0.4, 0.5) is 19.0 Å². The second kappa shape index (κ2) is 4.64. The molecule has 0 aliphatic carbocycles. The molecule has 1 heterocycles. The highest BCUT2D eigenvalue weighted by Crippen LogP contribution is 2.38. The summed E-state index contributed by atoms with van der Waals surface area (Å²) in [5, 5.41) is 0. The average Bonchev–Trinajstić information content (AvgIpc) is 2.28. The van der Waals surface area contributed by atoms with Crippen LogP contribution in [-0.4, -0.2) is 16.1 Å². The van der Waals surface area contributed by atoms with Gasteiger partial charge >= 0.3 is 6.18 Å². The fourth-order valence-corrected chi connectivity index (χ4v) is 1.66. The zero-order valence-electron chi connectivity index (χ0n) is 9.22. The van der Waals surface area contributed by atoms with Crippen LogP contribution in [0.3, 0.4) is 0 Å². The van der Waals surface area contributed by atoms with Crippen molar-refractivity contribution in [2.75, 3.05) is 5.73 Å². The first-order chi connectivity index (χ1) is 8.48. The van der Waals surface area contributed by atoms with E-state index in [9.17, 15) is 13.2 Å². The number of halogens is 3. The van der Waals surface area contributed by atoms with Crippen LogP contribution in [0.15, 0.2) is 42.6 Å². The molecule has 0 radical (unpaired) electrons.